The van der Waals surface area contributed by atoms with Gasteiger partial charge < -0.3 is 9.30 Å². The zero-order valence-corrected chi connectivity index (χ0v) is 16.2. The van der Waals surface area contributed by atoms with Crippen molar-refractivity contribution in [3.63, 3.8) is 0 Å². The van der Waals surface area contributed by atoms with Crippen LogP contribution in [0.1, 0.15) is 40.3 Å². The molecular formula is C19H24ClNO2S. The predicted molar refractivity (Wildman–Crippen MR) is 102 cm³/mol. The van der Waals surface area contributed by atoms with E-state index >= 15 is 0 Å². The highest BCUT2D eigenvalue weighted by atomic mass is 35.5. The van der Waals surface area contributed by atoms with Crippen molar-refractivity contribution < 1.29 is 9.53 Å². The Morgan fingerprint density at radius 1 is 1.29 bits per heavy atom. The lowest BCUT2D eigenvalue weighted by Gasteiger charge is -2.17. The van der Waals surface area contributed by atoms with Gasteiger partial charge in [0.15, 0.2) is 5.78 Å². The standard InChI is InChI=1S/C19H24ClNO2S/c1-13-9-18(15(3)21(13)14(2)10-23-4)19(22)12-24-11-16-5-7-17(20)8-6-16/h5-9,14H,10-12H2,1-4H3. The summed E-state index contributed by atoms with van der Waals surface area (Å²) >= 11 is 7.52. The number of aromatic nitrogens is 1. The number of Topliss-reactive ketones (excluding diaryl/α,β-unsaturated/α-hetero) is 1. The molecule has 0 N–H and O–H groups in total. The van der Waals surface area contributed by atoms with Crippen LogP contribution in [0.15, 0.2) is 30.3 Å². The van der Waals surface area contributed by atoms with Gasteiger partial charge in [-0.25, -0.2) is 0 Å². The number of methoxy groups -OCH3 is 1. The van der Waals surface area contributed by atoms with Gasteiger partial charge >= 0.3 is 0 Å². The monoisotopic (exact) mass is 365 g/mol. The molecule has 0 fully saturated rings. The molecule has 2 rings (SSSR count). The number of halogens is 1. The summed E-state index contributed by atoms with van der Waals surface area (Å²) in [6, 6.07) is 9.97. The molecule has 2 aromatic rings. The topological polar surface area (TPSA) is 31.2 Å². The lowest BCUT2D eigenvalue weighted by molar-refractivity contribution is 0.102. The minimum Gasteiger partial charge on any atom is -0.383 e. The first-order valence-electron chi connectivity index (χ1n) is 7.96. The van der Waals surface area contributed by atoms with Gasteiger partial charge in [-0.2, -0.15) is 0 Å². The van der Waals surface area contributed by atoms with Crippen molar-refractivity contribution in [3.8, 4) is 0 Å². The third-order valence-corrected chi connectivity index (χ3v) is 5.30. The summed E-state index contributed by atoms with van der Waals surface area (Å²) in [7, 11) is 1.70. The number of aryl methyl sites for hydroxylation is 1. The molecule has 0 saturated heterocycles. The summed E-state index contributed by atoms with van der Waals surface area (Å²) in [5, 5.41) is 0.734. The highest BCUT2D eigenvalue weighted by Crippen LogP contribution is 2.23. The Morgan fingerprint density at radius 3 is 2.58 bits per heavy atom. The molecule has 0 radical (unpaired) electrons. The quantitative estimate of drug-likeness (QED) is 0.611. The second kappa shape index (κ2) is 8.75. The zero-order valence-electron chi connectivity index (χ0n) is 14.6. The third-order valence-electron chi connectivity index (χ3n) is 4.05. The first-order valence-corrected chi connectivity index (χ1v) is 9.50. The molecule has 1 unspecified atom stereocenters. The van der Waals surface area contributed by atoms with Crippen LogP contribution in [0.3, 0.4) is 0 Å². The third kappa shape index (κ3) is 4.65. The Kier molecular flexibility index (Phi) is 6.96. The van der Waals surface area contributed by atoms with Crippen molar-refractivity contribution in [2.45, 2.75) is 32.6 Å². The van der Waals surface area contributed by atoms with Gasteiger partial charge in [0.05, 0.1) is 18.4 Å². The van der Waals surface area contributed by atoms with Gasteiger partial charge in [0.25, 0.3) is 0 Å². The van der Waals surface area contributed by atoms with E-state index in [2.05, 4.69) is 11.5 Å². The molecular weight excluding hydrogens is 342 g/mol. The predicted octanol–water partition coefficient (Wildman–Crippen LogP) is 5.08. The Bertz CT molecular complexity index is 694. The van der Waals surface area contributed by atoms with Crippen LogP contribution in [-0.4, -0.2) is 29.8 Å². The number of ether oxygens (including phenoxy) is 1. The average molecular weight is 366 g/mol. The van der Waals surface area contributed by atoms with Crippen molar-refractivity contribution in [3.05, 3.63) is 57.9 Å². The first kappa shape index (κ1) is 19.1. The molecule has 0 saturated carbocycles. The number of ketones is 1. The number of thioether (sulfide) groups is 1. The van der Waals surface area contributed by atoms with E-state index in [0.717, 1.165) is 27.7 Å². The molecule has 3 nitrogen and oxygen atoms in total. The van der Waals surface area contributed by atoms with Gasteiger partial charge in [-0.1, -0.05) is 23.7 Å². The minimum atomic E-state index is 0.179. The second-order valence-electron chi connectivity index (χ2n) is 6.00. The lowest BCUT2D eigenvalue weighted by atomic mass is 10.2. The number of benzene rings is 1. The maximum absolute atomic E-state index is 12.6. The highest BCUT2D eigenvalue weighted by Gasteiger charge is 2.18. The Hall–Kier alpha value is -1.23. The zero-order chi connectivity index (χ0) is 17.7. The maximum Gasteiger partial charge on any atom is 0.174 e. The molecule has 1 aromatic heterocycles. The van der Waals surface area contributed by atoms with Gasteiger partial charge in [-0.3, -0.25) is 4.79 Å². The average Bonchev–Trinajstić information content (AvgIpc) is 2.84. The maximum atomic E-state index is 12.6. The summed E-state index contributed by atoms with van der Waals surface area (Å²) in [6.07, 6.45) is 0. The van der Waals surface area contributed by atoms with Crippen molar-refractivity contribution in [2.75, 3.05) is 19.5 Å². The van der Waals surface area contributed by atoms with E-state index in [1.165, 1.54) is 5.56 Å². The van der Waals surface area contributed by atoms with E-state index in [-0.39, 0.29) is 11.8 Å². The van der Waals surface area contributed by atoms with E-state index in [1.54, 1.807) is 18.9 Å². The molecule has 5 heteroatoms. The van der Waals surface area contributed by atoms with E-state index in [0.29, 0.717) is 12.4 Å². The SMILES string of the molecule is COCC(C)n1c(C)cc(C(=O)CSCc2ccc(Cl)cc2)c1C. The van der Waals surface area contributed by atoms with Gasteiger partial charge in [0.1, 0.15) is 0 Å². The molecule has 1 aromatic carbocycles. The summed E-state index contributed by atoms with van der Waals surface area (Å²) in [5.41, 5.74) is 4.12. The van der Waals surface area contributed by atoms with Gasteiger partial charge in [0, 0.05) is 34.8 Å². The smallest absolute Gasteiger partial charge is 0.174 e. The number of rotatable bonds is 8. The summed E-state index contributed by atoms with van der Waals surface area (Å²) in [4.78, 5) is 12.6. The molecule has 0 aliphatic heterocycles. The summed E-state index contributed by atoms with van der Waals surface area (Å²) in [6.45, 7) is 6.79. The summed E-state index contributed by atoms with van der Waals surface area (Å²) < 4.78 is 7.42. The van der Waals surface area contributed by atoms with Crippen molar-refractivity contribution in [1.29, 1.82) is 0 Å². The fourth-order valence-electron chi connectivity index (χ4n) is 2.97. The number of carbonyl (C=O) groups is 1. The fraction of sp³-hybridized carbons (Fsp3) is 0.421. The Labute approximate surface area is 153 Å². The Morgan fingerprint density at radius 2 is 1.96 bits per heavy atom. The molecule has 0 amide bonds. The van der Waals surface area contributed by atoms with Crippen molar-refractivity contribution in [2.24, 2.45) is 0 Å². The van der Waals surface area contributed by atoms with Crippen molar-refractivity contribution in [1.82, 2.24) is 4.57 Å². The lowest BCUT2D eigenvalue weighted by Crippen LogP contribution is -2.14. The van der Waals surface area contributed by atoms with E-state index < -0.39 is 0 Å². The van der Waals surface area contributed by atoms with E-state index in [1.807, 2.05) is 44.2 Å². The first-order chi connectivity index (χ1) is 11.4. The molecule has 0 aliphatic rings. The van der Waals surface area contributed by atoms with E-state index in [9.17, 15) is 4.79 Å². The van der Waals surface area contributed by atoms with Crippen LogP contribution >= 0.6 is 23.4 Å². The van der Waals surface area contributed by atoms with Crippen LogP contribution in [0.2, 0.25) is 5.02 Å². The molecule has 0 aliphatic carbocycles. The molecule has 1 atom stereocenters. The molecule has 130 valence electrons. The van der Waals surface area contributed by atoms with Gasteiger partial charge in [-0.05, 0) is 44.5 Å². The number of hydrogen-bond acceptors (Lipinski definition) is 3. The molecule has 1 heterocycles. The van der Waals surface area contributed by atoms with Gasteiger partial charge in [0.2, 0.25) is 0 Å². The highest BCUT2D eigenvalue weighted by molar-refractivity contribution is 7.99. The number of carbonyl (C=O) groups excluding carboxylic acids is 1. The number of nitrogens with zero attached hydrogens (tertiary/aromatic N) is 1. The minimum absolute atomic E-state index is 0.179. The van der Waals surface area contributed by atoms with Crippen LogP contribution in [0.5, 0.6) is 0 Å². The van der Waals surface area contributed by atoms with Crippen LogP contribution in [0, 0.1) is 13.8 Å². The molecule has 0 bridgehead atoms. The molecule has 0 spiro atoms. The normalized spacial score (nSPS) is 12.4. The fourth-order valence-corrected chi connectivity index (χ4v) is 3.97. The van der Waals surface area contributed by atoms with E-state index in [4.69, 9.17) is 16.3 Å². The second-order valence-corrected chi connectivity index (χ2v) is 7.42. The number of hydrogen-bond donors (Lipinski definition) is 0. The van der Waals surface area contributed by atoms with Crippen LogP contribution < -0.4 is 0 Å². The van der Waals surface area contributed by atoms with Crippen LogP contribution in [-0.2, 0) is 10.5 Å². The Balaban J connectivity index is 1.99. The van der Waals surface area contributed by atoms with Gasteiger partial charge in [-0.15, -0.1) is 11.8 Å². The molecule has 24 heavy (non-hydrogen) atoms. The van der Waals surface area contributed by atoms with Crippen LogP contribution in [0.4, 0.5) is 0 Å². The van der Waals surface area contributed by atoms with Crippen LogP contribution in [0.25, 0.3) is 0 Å². The largest absolute Gasteiger partial charge is 0.383 e. The van der Waals surface area contributed by atoms with Crippen molar-refractivity contribution >= 4 is 29.1 Å². The summed E-state index contributed by atoms with van der Waals surface area (Å²) in [5.74, 6) is 1.46.